The monoisotopic (exact) mass is 397 g/mol. The predicted octanol–water partition coefficient (Wildman–Crippen LogP) is 1.58. The minimum Gasteiger partial charge on any atom is -0.497 e. The lowest BCUT2D eigenvalue weighted by atomic mass is 10.1. The molecule has 0 aromatic heterocycles. The van der Waals surface area contributed by atoms with E-state index in [0.717, 1.165) is 5.56 Å². The van der Waals surface area contributed by atoms with Crippen molar-refractivity contribution >= 4 is 23.4 Å². The van der Waals surface area contributed by atoms with Gasteiger partial charge in [-0.1, -0.05) is 12.1 Å². The van der Waals surface area contributed by atoms with Gasteiger partial charge in [-0.05, 0) is 48.9 Å². The number of benzene rings is 2. The summed E-state index contributed by atoms with van der Waals surface area (Å²) in [5, 5.41) is 0. The summed E-state index contributed by atoms with van der Waals surface area (Å²) in [6.07, 6.45) is 0.0769. The summed E-state index contributed by atoms with van der Waals surface area (Å²) >= 11 is 0. The lowest BCUT2D eigenvalue weighted by Crippen LogP contribution is -2.46. The van der Waals surface area contributed by atoms with E-state index in [1.807, 2.05) is 25.1 Å². The number of hydrogen-bond acceptors (Lipinski definition) is 5. The van der Waals surface area contributed by atoms with Crippen molar-refractivity contribution in [2.45, 2.75) is 13.3 Å². The summed E-state index contributed by atoms with van der Waals surface area (Å²) in [6, 6.07) is 14.3. The summed E-state index contributed by atoms with van der Waals surface area (Å²) in [4.78, 5) is 38.0. The first-order chi connectivity index (χ1) is 14.0. The zero-order valence-electron chi connectivity index (χ0n) is 16.3. The highest BCUT2D eigenvalue weighted by Gasteiger charge is 2.35. The summed E-state index contributed by atoms with van der Waals surface area (Å²) in [6.45, 7) is 1.93. The maximum absolute atomic E-state index is 12.3. The van der Waals surface area contributed by atoms with Crippen LogP contribution in [0.15, 0.2) is 48.5 Å². The molecule has 1 aliphatic heterocycles. The molecule has 152 valence electrons. The SMILES string of the molecule is COc1ccc(N2CC(C(=O)NNC(=O)COc3cccc(C)c3)CC2=O)cc1. The third-order valence-corrected chi connectivity index (χ3v) is 4.56. The topological polar surface area (TPSA) is 97.0 Å². The van der Waals surface area contributed by atoms with E-state index in [2.05, 4.69) is 10.9 Å². The standard InChI is InChI=1S/C21H23N3O5/c1-14-4-3-5-18(10-14)29-13-19(25)22-23-21(27)15-11-20(26)24(12-15)16-6-8-17(28-2)9-7-16/h3-10,15H,11-13H2,1-2H3,(H,22,25)(H,23,27). The second kappa shape index (κ2) is 9.09. The second-order valence-corrected chi connectivity index (χ2v) is 6.75. The molecule has 1 saturated heterocycles. The van der Waals surface area contributed by atoms with Crippen LogP contribution >= 0.6 is 0 Å². The average molecular weight is 397 g/mol. The number of aryl methyl sites for hydroxylation is 1. The Morgan fingerprint density at radius 2 is 1.86 bits per heavy atom. The molecule has 8 heteroatoms. The van der Waals surface area contributed by atoms with Crippen molar-refractivity contribution in [2.75, 3.05) is 25.2 Å². The van der Waals surface area contributed by atoms with Gasteiger partial charge in [0.1, 0.15) is 11.5 Å². The molecule has 1 unspecified atom stereocenters. The first kappa shape index (κ1) is 20.2. The molecule has 3 rings (SSSR count). The molecular formula is C21H23N3O5. The Morgan fingerprint density at radius 1 is 1.10 bits per heavy atom. The third-order valence-electron chi connectivity index (χ3n) is 4.56. The van der Waals surface area contributed by atoms with Crippen LogP contribution in [0.1, 0.15) is 12.0 Å². The largest absolute Gasteiger partial charge is 0.497 e. The first-order valence-corrected chi connectivity index (χ1v) is 9.19. The number of methoxy groups -OCH3 is 1. The maximum Gasteiger partial charge on any atom is 0.276 e. The lowest BCUT2D eigenvalue weighted by Gasteiger charge is -2.17. The zero-order chi connectivity index (χ0) is 20.8. The van der Waals surface area contributed by atoms with Crippen molar-refractivity contribution in [1.29, 1.82) is 0 Å². The van der Waals surface area contributed by atoms with Gasteiger partial charge >= 0.3 is 0 Å². The van der Waals surface area contributed by atoms with E-state index >= 15 is 0 Å². The number of nitrogens with zero attached hydrogens (tertiary/aromatic N) is 1. The normalized spacial score (nSPS) is 15.7. The van der Waals surface area contributed by atoms with Crippen molar-refractivity contribution in [3.05, 3.63) is 54.1 Å². The number of ether oxygens (including phenoxy) is 2. The molecule has 0 radical (unpaired) electrons. The number of rotatable bonds is 6. The van der Waals surface area contributed by atoms with Crippen LogP contribution in [-0.2, 0) is 14.4 Å². The molecule has 0 aliphatic carbocycles. The van der Waals surface area contributed by atoms with Crippen LogP contribution < -0.4 is 25.2 Å². The molecule has 0 saturated carbocycles. The Hall–Kier alpha value is -3.55. The van der Waals surface area contributed by atoms with Gasteiger partial charge in [0.05, 0.1) is 13.0 Å². The number of hydrazine groups is 1. The van der Waals surface area contributed by atoms with E-state index in [0.29, 0.717) is 17.2 Å². The Kier molecular flexibility index (Phi) is 6.33. The van der Waals surface area contributed by atoms with E-state index in [4.69, 9.17) is 9.47 Å². The number of carbonyl (C=O) groups is 3. The smallest absolute Gasteiger partial charge is 0.276 e. The lowest BCUT2D eigenvalue weighted by molar-refractivity contribution is -0.132. The maximum atomic E-state index is 12.3. The van der Waals surface area contributed by atoms with Gasteiger partial charge in [-0.15, -0.1) is 0 Å². The summed E-state index contributed by atoms with van der Waals surface area (Å²) in [7, 11) is 1.57. The second-order valence-electron chi connectivity index (χ2n) is 6.75. The number of carbonyl (C=O) groups excluding carboxylic acids is 3. The van der Waals surface area contributed by atoms with Crippen LogP contribution in [0.2, 0.25) is 0 Å². The van der Waals surface area contributed by atoms with Crippen molar-refractivity contribution in [1.82, 2.24) is 10.9 Å². The Labute approximate surface area is 168 Å². The van der Waals surface area contributed by atoms with Gasteiger partial charge < -0.3 is 14.4 Å². The van der Waals surface area contributed by atoms with E-state index < -0.39 is 17.7 Å². The van der Waals surface area contributed by atoms with Crippen LogP contribution in [0.3, 0.4) is 0 Å². The van der Waals surface area contributed by atoms with Gasteiger partial charge in [0.2, 0.25) is 11.8 Å². The Balaban J connectivity index is 1.46. The van der Waals surface area contributed by atoms with Gasteiger partial charge in [0.25, 0.3) is 5.91 Å². The number of anilines is 1. The zero-order valence-corrected chi connectivity index (χ0v) is 16.3. The quantitative estimate of drug-likeness (QED) is 0.722. The van der Waals surface area contributed by atoms with Crippen LogP contribution in [0.4, 0.5) is 5.69 Å². The molecule has 2 aromatic carbocycles. The van der Waals surface area contributed by atoms with Gasteiger partial charge in [-0.3, -0.25) is 25.2 Å². The van der Waals surface area contributed by atoms with Crippen molar-refractivity contribution in [2.24, 2.45) is 5.92 Å². The van der Waals surface area contributed by atoms with Crippen molar-refractivity contribution in [3.63, 3.8) is 0 Å². The highest BCUT2D eigenvalue weighted by molar-refractivity contribution is 6.00. The van der Waals surface area contributed by atoms with Crippen LogP contribution in [0.5, 0.6) is 11.5 Å². The molecule has 2 aromatic rings. The van der Waals surface area contributed by atoms with Crippen molar-refractivity contribution < 1.29 is 23.9 Å². The van der Waals surface area contributed by atoms with E-state index in [9.17, 15) is 14.4 Å². The minimum absolute atomic E-state index is 0.0769. The fourth-order valence-electron chi connectivity index (χ4n) is 3.02. The fraction of sp³-hybridized carbons (Fsp3) is 0.286. The molecular weight excluding hydrogens is 374 g/mol. The molecule has 29 heavy (non-hydrogen) atoms. The van der Waals surface area contributed by atoms with E-state index in [1.165, 1.54) is 0 Å². The van der Waals surface area contributed by atoms with Gasteiger partial charge in [-0.2, -0.15) is 0 Å². The Bertz CT molecular complexity index is 897. The van der Waals surface area contributed by atoms with Gasteiger partial charge in [0, 0.05) is 18.7 Å². The molecule has 0 spiro atoms. The van der Waals surface area contributed by atoms with E-state index in [-0.39, 0.29) is 25.5 Å². The third kappa shape index (κ3) is 5.25. The van der Waals surface area contributed by atoms with Crippen LogP contribution in [0, 0.1) is 12.8 Å². The average Bonchev–Trinajstić information content (AvgIpc) is 3.12. The molecule has 2 N–H and O–H groups in total. The highest BCUT2D eigenvalue weighted by atomic mass is 16.5. The molecule has 1 heterocycles. The molecule has 0 bridgehead atoms. The van der Waals surface area contributed by atoms with E-state index in [1.54, 1.807) is 42.3 Å². The number of hydrogen-bond donors (Lipinski definition) is 2. The van der Waals surface area contributed by atoms with Crippen LogP contribution in [-0.4, -0.2) is 38.0 Å². The fourth-order valence-corrected chi connectivity index (χ4v) is 3.02. The highest BCUT2D eigenvalue weighted by Crippen LogP contribution is 2.26. The number of nitrogens with one attached hydrogen (secondary N) is 2. The summed E-state index contributed by atoms with van der Waals surface area (Å²) in [5.74, 6) is -0.352. The molecule has 1 atom stereocenters. The Morgan fingerprint density at radius 3 is 2.55 bits per heavy atom. The molecule has 1 aliphatic rings. The summed E-state index contributed by atoms with van der Waals surface area (Å²) < 4.78 is 10.5. The molecule has 3 amide bonds. The van der Waals surface area contributed by atoms with Crippen LogP contribution in [0.25, 0.3) is 0 Å². The predicted molar refractivity (Wildman–Crippen MR) is 106 cm³/mol. The first-order valence-electron chi connectivity index (χ1n) is 9.19. The molecule has 8 nitrogen and oxygen atoms in total. The minimum atomic E-state index is -0.553. The summed E-state index contributed by atoms with van der Waals surface area (Å²) in [5.41, 5.74) is 6.40. The van der Waals surface area contributed by atoms with Crippen molar-refractivity contribution in [3.8, 4) is 11.5 Å². The number of amides is 3. The van der Waals surface area contributed by atoms with Gasteiger partial charge in [0.15, 0.2) is 6.61 Å². The molecule has 1 fully saturated rings. The van der Waals surface area contributed by atoms with Gasteiger partial charge in [-0.25, -0.2) is 0 Å².